The number of hydrogen-bond donors (Lipinski definition) is 0. The summed E-state index contributed by atoms with van der Waals surface area (Å²) in [5.41, 5.74) is 3.97. The van der Waals surface area contributed by atoms with Gasteiger partial charge in [0.05, 0.1) is 7.11 Å². The zero-order valence-electron chi connectivity index (χ0n) is 11.7. The van der Waals surface area contributed by atoms with Crippen molar-refractivity contribution >= 4 is 11.6 Å². The number of benzene rings is 2. The Hall–Kier alpha value is -2.29. The SMILES string of the molecule is COc1ccc2c(c1)CCN(c1ccccc1C)C2=O. The summed E-state index contributed by atoms with van der Waals surface area (Å²) < 4.78 is 5.22. The quantitative estimate of drug-likeness (QED) is 0.836. The Balaban J connectivity index is 1.99. The van der Waals surface area contributed by atoms with Crippen LogP contribution in [0.25, 0.3) is 0 Å². The second kappa shape index (κ2) is 5.00. The molecular formula is C17H17NO2. The number of carbonyl (C=O) groups excluding carboxylic acids is 1. The van der Waals surface area contributed by atoms with Crippen molar-refractivity contribution in [3.8, 4) is 5.75 Å². The third kappa shape index (κ3) is 2.05. The van der Waals surface area contributed by atoms with Gasteiger partial charge in [-0.2, -0.15) is 0 Å². The second-order valence-electron chi connectivity index (χ2n) is 5.02. The molecule has 3 rings (SSSR count). The van der Waals surface area contributed by atoms with Gasteiger partial charge in [0.15, 0.2) is 0 Å². The highest BCUT2D eigenvalue weighted by molar-refractivity contribution is 6.08. The molecule has 3 nitrogen and oxygen atoms in total. The van der Waals surface area contributed by atoms with E-state index in [1.165, 1.54) is 0 Å². The molecule has 3 heteroatoms. The smallest absolute Gasteiger partial charge is 0.258 e. The van der Waals surface area contributed by atoms with E-state index in [4.69, 9.17) is 4.74 Å². The summed E-state index contributed by atoms with van der Waals surface area (Å²) in [4.78, 5) is 14.5. The molecular weight excluding hydrogens is 250 g/mol. The normalized spacial score (nSPS) is 14.1. The summed E-state index contributed by atoms with van der Waals surface area (Å²) in [7, 11) is 1.64. The Kier molecular flexibility index (Phi) is 3.18. The molecule has 0 N–H and O–H groups in total. The van der Waals surface area contributed by atoms with Crippen molar-refractivity contribution in [2.24, 2.45) is 0 Å². The molecule has 0 spiro atoms. The Bertz CT molecular complexity index is 664. The van der Waals surface area contributed by atoms with Gasteiger partial charge in [-0.05, 0) is 48.7 Å². The third-order valence-electron chi connectivity index (χ3n) is 3.80. The molecule has 2 aromatic carbocycles. The first-order chi connectivity index (χ1) is 9.70. The van der Waals surface area contributed by atoms with Crippen LogP contribution in [0, 0.1) is 6.92 Å². The van der Waals surface area contributed by atoms with Crippen molar-refractivity contribution in [3.63, 3.8) is 0 Å². The number of nitrogens with zero attached hydrogens (tertiary/aromatic N) is 1. The molecule has 102 valence electrons. The topological polar surface area (TPSA) is 29.5 Å². The Morgan fingerprint density at radius 2 is 1.95 bits per heavy atom. The molecule has 0 saturated carbocycles. The van der Waals surface area contributed by atoms with Crippen LogP contribution in [0.1, 0.15) is 21.5 Å². The van der Waals surface area contributed by atoms with Crippen LogP contribution in [-0.2, 0) is 6.42 Å². The molecule has 0 radical (unpaired) electrons. The fraction of sp³-hybridized carbons (Fsp3) is 0.235. The Labute approximate surface area is 118 Å². The first-order valence-electron chi connectivity index (χ1n) is 6.75. The zero-order chi connectivity index (χ0) is 14.1. The van der Waals surface area contributed by atoms with Crippen molar-refractivity contribution in [3.05, 3.63) is 59.2 Å². The minimum atomic E-state index is 0.0724. The molecule has 0 unspecified atom stereocenters. The minimum absolute atomic E-state index is 0.0724. The highest BCUT2D eigenvalue weighted by atomic mass is 16.5. The van der Waals surface area contributed by atoms with E-state index in [1.807, 2.05) is 54.3 Å². The lowest BCUT2D eigenvalue weighted by Crippen LogP contribution is -2.38. The summed E-state index contributed by atoms with van der Waals surface area (Å²) >= 11 is 0. The van der Waals surface area contributed by atoms with Gasteiger partial charge in [0.25, 0.3) is 5.91 Å². The number of hydrogen-bond acceptors (Lipinski definition) is 2. The van der Waals surface area contributed by atoms with Crippen molar-refractivity contribution in [1.82, 2.24) is 0 Å². The molecule has 1 aliphatic rings. The molecule has 0 atom stereocenters. The van der Waals surface area contributed by atoms with Crippen molar-refractivity contribution in [2.45, 2.75) is 13.3 Å². The number of methoxy groups -OCH3 is 1. The van der Waals surface area contributed by atoms with Crippen molar-refractivity contribution < 1.29 is 9.53 Å². The molecule has 0 aromatic heterocycles. The average Bonchev–Trinajstić information content (AvgIpc) is 2.48. The van der Waals surface area contributed by atoms with Crippen LogP contribution in [0.15, 0.2) is 42.5 Å². The molecule has 0 aliphatic carbocycles. The number of carbonyl (C=O) groups is 1. The number of amides is 1. The first-order valence-corrected chi connectivity index (χ1v) is 6.75. The Morgan fingerprint density at radius 3 is 2.70 bits per heavy atom. The fourth-order valence-corrected chi connectivity index (χ4v) is 2.69. The van der Waals surface area contributed by atoms with Gasteiger partial charge < -0.3 is 9.64 Å². The van der Waals surface area contributed by atoms with Crippen molar-refractivity contribution in [2.75, 3.05) is 18.6 Å². The van der Waals surface area contributed by atoms with Crippen LogP contribution in [-0.4, -0.2) is 19.6 Å². The highest BCUT2D eigenvalue weighted by Gasteiger charge is 2.26. The van der Waals surface area contributed by atoms with E-state index in [1.54, 1.807) is 7.11 Å². The lowest BCUT2D eigenvalue weighted by atomic mass is 9.97. The van der Waals surface area contributed by atoms with Gasteiger partial charge in [0.1, 0.15) is 5.75 Å². The van der Waals surface area contributed by atoms with E-state index in [0.717, 1.165) is 34.5 Å². The molecule has 1 amide bonds. The van der Waals surface area contributed by atoms with Gasteiger partial charge in [-0.25, -0.2) is 0 Å². The molecule has 2 aromatic rings. The summed E-state index contributed by atoms with van der Waals surface area (Å²) in [5, 5.41) is 0. The van der Waals surface area contributed by atoms with Crippen LogP contribution in [0.5, 0.6) is 5.75 Å². The van der Waals surface area contributed by atoms with Gasteiger partial charge in [-0.3, -0.25) is 4.79 Å². The largest absolute Gasteiger partial charge is 0.497 e. The maximum absolute atomic E-state index is 12.7. The number of rotatable bonds is 2. The van der Waals surface area contributed by atoms with Gasteiger partial charge in [0.2, 0.25) is 0 Å². The molecule has 1 heterocycles. The Morgan fingerprint density at radius 1 is 1.15 bits per heavy atom. The molecule has 20 heavy (non-hydrogen) atoms. The fourth-order valence-electron chi connectivity index (χ4n) is 2.69. The minimum Gasteiger partial charge on any atom is -0.497 e. The third-order valence-corrected chi connectivity index (χ3v) is 3.80. The summed E-state index contributed by atoms with van der Waals surface area (Å²) in [5.74, 6) is 0.879. The maximum atomic E-state index is 12.7. The van der Waals surface area contributed by atoms with Gasteiger partial charge in [0, 0.05) is 17.8 Å². The van der Waals surface area contributed by atoms with Crippen molar-refractivity contribution in [1.29, 1.82) is 0 Å². The van der Waals surface area contributed by atoms with Gasteiger partial charge >= 0.3 is 0 Å². The van der Waals surface area contributed by atoms with Crippen LogP contribution < -0.4 is 9.64 Å². The lowest BCUT2D eigenvalue weighted by Gasteiger charge is -2.30. The summed E-state index contributed by atoms with van der Waals surface area (Å²) in [6, 6.07) is 13.7. The van der Waals surface area contributed by atoms with E-state index >= 15 is 0 Å². The van der Waals surface area contributed by atoms with E-state index in [0.29, 0.717) is 6.54 Å². The summed E-state index contributed by atoms with van der Waals surface area (Å²) in [6.07, 6.45) is 0.854. The average molecular weight is 267 g/mol. The summed E-state index contributed by atoms with van der Waals surface area (Å²) in [6.45, 7) is 2.75. The predicted molar refractivity (Wildman–Crippen MR) is 79.6 cm³/mol. The lowest BCUT2D eigenvalue weighted by molar-refractivity contribution is 0.0980. The molecule has 0 bridgehead atoms. The number of para-hydroxylation sites is 1. The monoisotopic (exact) mass is 267 g/mol. The van der Waals surface area contributed by atoms with Crippen LogP contribution in [0.4, 0.5) is 5.69 Å². The number of ether oxygens (including phenoxy) is 1. The predicted octanol–water partition coefficient (Wildman–Crippen LogP) is 3.21. The van der Waals surface area contributed by atoms with E-state index in [2.05, 4.69) is 0 Å². The number of anilines is 1. The number of aryl methyl sites for hydroxylation is 1. The van der Waals surface area contributed by atoms with Gasteiger partial charge in [-0.15, -0.1) is 0 Å². The van der Waals surface area contributed by atoms with E-state index in [-0.39, 0.29) is 5.91 Å². The van der Waals surface area contributed by atoms with Gasteiger partial charge in [-0.1, -0.05) is 18.2 Å². The highest BCUT2D eigenvalue weighted by Crippen LogP contribution is 2.28. The van der Waals surface area contributed by atoms with Crippen LogP contribution in [0.3, 0.4) is 0 Å². The standard InChI is InChI=1S/C17H17NO2/c1-12-5-3-4-6-16(12)18-10-9-13-11-14(20-2)7-8-15(13)17(18)19/h3-8,11H,9-10H2,1-2H3. The second-order valence-corrected chi connectivity index (χ2v) is 5.02. The molecule has 0 fully saturated rings. The number of fused-ring (bicyclic) bond motifs is 1. The van der Waals surface area contributed by atoms with E-state index < -0.39 is 0 Å². The molecule has 1 aliphatic heterocycles. The van der Waals surface area contributed by atoms with E-state index in [9.17, 15) is 4.79 Å². The zero-order valence-corrected chi connectivity index (χ0v) is 11.7. The van der Waals surface area contributed by atoms with Crippen LogP contribution >= 0.6 is 0 Å². The maximum Gasteiger partial charge on any atom is 0.258 e. The van der Waals surface area contributed by atoms with Crippen LogP contribution in [0.2, 0.25) is 0 Å². The molecule has 0 saturated heterocycles. The first kappa shape index (κ1) is 12.7.